The quantitative estimate of drug-likeness (QED) is 0.351. The van der Waals surface area contributed by atoms with Gasteiger partial charge in [0.2, 0.25) is 0 Å². The van der Waals surface area contributed by atoms with E-state index in [1.807, 2.05) is 0 Å². The Morgan fingerprint density at radius 1 is 1.27 bits per heavy atom. The van der Waals surface area contributed by atoms with Crippen molar-refractivity contribution in [2.75, 3.05) is 6.61 Å². The van der Waals surface area contributed by atoms with Crippen LogP contribution >= 0.6 is 0 Å². The molecule has 1 aromatic carbocycles. The third kappa shape index (κ3) is 5.36. The van der Waals surface area contributed by atoms with Gasteiger partial charge >= 0.3 is 6.18 Å². The minimum Gasteiger partial charge on any atom is -0.493 e. The first-order chi connectivity index (χ1) is 9.92. The number of hydrogen-bond acceptors (Lipinski definition) is 2. The van der Waals surface area contributed by atoms with Crippen LogP contribution in [0, 0.1) is 12.3 Å². The number of nitrogens with two attached hydrogens (primary N) is 1. The van der Waals surface area contributed by atoms with Crippen LogP contribution in [0.3, 0.4) is 0 Å². The third-order valence-electron chi connectivity index (χ3n) is 3.25. The third-order valence-corrected chi connectivity index (χ3v) is 5.10. The Balaban J connectivity index is 2.98. The lowest BCUT2D eigenvalue weighted by molar-refractivity contribution is -0.139. The lowest BCUT2D eigenvalue weighted by Crippen LogP contribution is -2.20. The van der Waals surface area contributed by atoms with E-state index in [0.29, 0.717) is 5.56 Å². The van der Waals surface area contributed by atoms with Crippen molar-refractivity contribution in [3.05, 3.63) is 28.8 Å². The highest BCUT2D eigenvalue weighted by molar-refractivity contribution is 6.76. The Kier molecular flexibility index (Phi) is 5.67. The first-order valence-electron chi connectivity index (χ1n) is 7.11. The normalized spacial score (nSPS) is 12.3. The van der Waals surface area contributed by atoms with E-state index >= 15 is 0 Å². The van der Waals surface area contributed by atoms with Gasteiger partial charge in [-0.1, -0.05) is 25.7 Å². The van der Waals surface area contributed by atoms with Gasteiger partial charge in [0.25, 0.3) is 0 Å². The zero-order valence-corrected chi connectivity index (χ0v) is 14.4. The van der Waals surface area contributed by atoms with E-state index in [2.05, 4.69) is 19.6 Å². The van der Waals surface area contributed by atoms with Crippen molar-refractivity contribution in [3.8, 4) is 5.75 Å². The molecule has 0 aliphatic carbocycles. The van der Waals surface area contributed by atoms with E-state index in [-0.39, 0.29) is 23.8 Å². The highest BCUT2D eigenvalue weighted by Gasteiger charge is 2.35. The average Bonchev–Trinajstić information content (AvgIpc) is 2.31. The Labute approximate surface area is 130 Å². The summed E-state index contributed by atoms with van der Waals surface area (Å²) in [6.07, 6.45) is -3.80. The van der Waals surface area contributed by atoms with E-state index in [4.69, 9.17) is 15.9 Å². The van der Waals surface area contributed by atoms with Crippen molar-refractivity contribution in [1.29, 1.82) is 5.41 Å². The number of amidine groups is 1. The standard InChI is InChI=1S/C15H23F3N2OSi/c1-10-8-13(21-6-5-7-22(2,3)4)12(15(16,17)18)9-11(10)14(19)20/h8-9H,5-7H2,1-4H3,(H3,19,20). The highest BCUT2D eigenvalue weighted by Crippen LogP contribution is 2.38. The molecule has 0 amide bonds. The van der Waals surface area contributed by atoms with Gasteiger partial charge in [0, 0.05) is 13.6 Å². The molecule has 0 bridgehead atoms. The minimum absolute atomic E-state index is 0.0850. The number of ether oxygens (including phenoxy) is 1. The van der Waals surface area contributed by atoms with E-state index in [1.54, 1.807) is 6.92 Å². The largest absolute Gasteiger partial charge is 0.493 e. The van der Waals surface area contributed by atoms with Crippen LogP contribution in [-0.2, 0) is 6.18 Å². The zero-order chi connectivity index (χ0) is 17.1. The number of rotatable bonds is 6. The summed E-state index contributed by atoms with van der Waals surface area (Å²) in [5.41, 5.74) is 5.03. The molecule has 0 atom stereocenters. The maximum atomic E-state index is 13.1. The molecule has 1 aromatic rings. The van der Waals surface area contributed by atoms with Crippen molar-refractivity contribution in [2.24, 2.45) is 5.73 Å². The average molecular weight is 332 g/mol. The van der Waals surface area contributed by atoms with E-state index in [9.17, 15) is 13.2 Å². The summed E-state index contributed by atoms with van der Waals surface area (Å²) < 4.78 is 44.8. The van der Waals surface area contributed by atoms with E-state index < -0.39 is 19.8 Å². The van der Waals surface area contributed by atoms with Crippen LogP contribution in [-0.4, -0.2) is 20.5 Å². The van der Waals surface area contributed by atoms with Crippen molar-refractivity contribution in [2.45, 2.75) is 45.2 Å². The number of halogens is 3. The molecule has 0 spiro atoms. The van der Waals surface area contributed by atoms with Gasteiger partial charge in [-0.3, -0.25) is 5.41 Å². The van der Waals surface area contributed by atoms with Crippen molar-refractivity contribution >= 4 is 13.9 Å². The van der Waals surface area contributed by atoms with Gasteiger partial charge in [-0.05, 0) is 31.0 Å². The molecule has 1 rings (SSSR count). The lowest BCUT2D eigenvalue weighted by atomic mass is 10.0. The fraction of sp³-hybridized carbons (Fsp3) is 0.533. The summed E-state index contributed by atoms with van der Waals surface area (Å²) in [6.45, 7) is 8.50. The first kappa shape index (κ1) is 18.5. The van der Waals surface area contributed by atoms with Crippen LogP contribution in [0.1, 0.15) is 23.1 Å². The van der Waals surface area contributed by atoms with Crippen LogP contribution in [0.5, 0.6) is 5.75 Å². The van der Waals surface area contributed by atoms with Gasteiger partial charge in [-0.2, -0.15) is 13.2 Å². The molecule has 124 valence electrons. The number of aryl methyl sites for hydroxylation is 1. The smallest absolute Gasteiger partial charge is 0.419 e. The second-order valence-electron chi connectivity index (χ2n) is 6.59. The number of nitrogen functional groups attached to an aromatic ring is 1. The number of benzene rings is 1. The van der Waals surface area contributed by atoms with Crippen molar-refractivity contribution < 1.29 is 17.9 Å². The maximum Gasteiger partial charge on any atom is 0.419 e. The fourth-order valence-corrected chi connectivity index (χ4v) is 3.30. The Hall–Kier alpha value is -1.50. The molecule has 0 aliphatic heterocycles. The molecule has 0 saturated heterocycles. The molecule has 3 N–H and O–H groups in total. The monoisotopic (exact) mass is 332 g/mol. The van der Waals surface area contributed by atoms with Gasteiger partial charge in [0.15, 0.2) is 0 Å². The predicted octanol–water partition coefficient (Wildman–Crippen LogP) is 4.40. The Bertz CT molecular complexity index is 551. The fourth-order valence-electron chi connectivity index (χ4n) is 2.10. The topological polar surface area (TPSA) is 59.1 Å². The first-order valence-corrected chi connectivity index (χ1v) is 10.8. The van der Waals surface area contributed by atoms with Crippen LogP contribution in [0.4, 0.5) is 13.2 Å². The second-order valence-corrected chi connectivity index (χ2v) is 12.2. The minimum atomic E-state index is -4.54. The van der Waals surface area contributed by atoms with Crippen molar-refractivity contribution in [3.63, 3.8) is 0 Å². The van der Waals surface area contributed by atoms with Crippen LogP contribution in [0.2, 0.25) is 25.7 Å². The predicted molar refractivity (Wildman–Crippen MR) is 85.5 cm³/mol. The molecule has 0 radical (unpaired) electrons. The molecule has 0 saturated carbocycles. The molecule has 22 heavy (non-hydrogen) atoms. The molecule has 7 heteroatoms. The van der Waals surface area contributed by atoms with Gasteiger partial charge < -0.3 is 10.5 Å². The van der Waals surface area contributed by atoms with Crippen LogP contribution < -0.4 is 10.5 Å². The highest BCUT2D eigenvalue weighted by atomic mass is 28.3. The lowest BCUT2D eigenvalue weighted by Gasteiger charge is -2.19. The Morgan fingerprint density at radius 2 is 1.86 bits per heavy atom. The molecular formula is C15H23F3N2OSi. The maximum absolute atomic E-state index is 13.1. The molecule has 0 aromatic heterocycles. The summed E-state index contributed by atoms with van der Waals surface area (Å²) in [4.78, 5) is 0. The summed E-state index contributed by atoms with van der Waals surface area (Å²) in [5, 5.41) is 7.36. The molecular weight excluding hydrogens is 309 g/mol. The van der Waals surface area contributed by atoms with E-state index in [0.717, 1.165) is 18.5 Å². The molecule has 0 fully saturated rings. The van der Waals surface area contributed by atoms with Crippen LogP contribution in [0.15, 0.2) is 12.1 Å². The molecule has 0 heterocycles. The summed E-state index contributed by atoms with van der Waals surface area (Å²) in [6, 6.07) is 3.21. The number of hydrogen-bond donors (Lipinski definition) is 2. The molecule has 3 nitrogen and oxygen atoms in total. The van der Waals surface area contributed by atoms with Gasteiger partial charge in [-0.15, -0.1) is 0 Å². The van der Waals surface area contributed by atoms with Crippen molar-refractivity contribution in [1.82, 2.24) is 0 Å². The van der Waals surface area contributed by atoms with E-state index in [1.165, 1.54) is 6.07 Å². The summed E-state index contributed by atoms with van der Waals surface area (Å²) >= 11 is 0. The Morgan fingerprint density at radius 3 is 2.32 bits per heavy atom. The zero-order valence-electron chi connectivity index (χ0n) is 13.4. The van der Waals surface area contributed by atoms with Crippen LogP contribution in [0.25, 0.3) is 0 Å². The summed E-state index contributed by atoms with van der Waals surface area (Å²) in [7, 11) is -1.23. The van der Waals surface area contributed by atoms with Gasteiger partial charge in [0.1, 0.15) is 11.6 Å². The second kappa shape index (κ2) is 6.72. The summed E-state index contributed by atoms with van der Waals surface area (Å²) in [5.74, 6) is -0.571. The number of alkyl halides is 3. The molecule has 0 aliphatic rings. The SMILES string of the molecule is Cc1cc(OCCC[Si](C)(C)C)c(C(F)(F)F)cc1C(=N)N. The van der Waals surface area contributed by atoms with Gasteiger partial charge in [0.05, 0.1) is 12.2 Å². The number of nitrogens with one attached hydrogen (secondary N) is 1. The molecule has 0 unspecified atom stereocenters. The van der Waals surface area contributed by atoms with Gasteiger partial charge in [-0.25, -0.2) is 0 Å².